The number of para-hydroxylation sites is 1. The molecule has 5 nitrogen and oxygen atoms in total. The zero-order valence-corrected chi connectivity index (χ0v) is 20.5. The molecule has 0 atom stereocenters. The van der Waals surface area contributed by atoms with Gasteiger partial charge < -0.3 is 10.3 Å². The molecule has 0 spiro atoms. The molecular formula is C31H30N4O. The maximum atomic E-state index is 13.5. The fraction of sp³-hybridized carbons (Fsp3) is 0.226. The van der Waals surface area contributed by atoms with Crippen LogP contribution in [0.1, 0.15) is 34.5 Å². The third-order valence-corrected chi connectivity index (χ3v) is 7.30. The highest BCUT2D eigenvalue weighted by Crippen LogP contribution is 2.34. The van der Waals surface area contributed by atoms with Gasteiger partial charge in [0.2, 0.25) is 0 Å². The van der Waals surface area contributed by atoms with Crippen molar-refractivity contribution in [3.63, 3.8) is 0 Å². The summed E-state index contributed by atoms with van der Waals surface area (Å²) in [6.07, 6.45) is 1.89. The van der Waals surface area contributed by atoms with Crippen molar-refractivity contribution in [2.75, 3.05) is 13.1 Å². The first kappa shape index (κ1) is 22.5. The number of rotatable bonds is 5. The SMILES string of the molecule is Cc1ccccc1-c1nc(C(=O)NC2CCN(Cc3ccccc3)CC2)cc2c1[nH]c1ccccc12. The van der Waals surface area contributed by atoms with Crippen molar-refractivity contribution in [2.24, 2.45) is 0 Å². The Morgan fingerprint density at radius 2 is 1.67 bits per heavy atom. The second-order valence-corrected chi connectivity index (χ2v) is 9.77. The molecule has 1 saturated heterocycles. The van der Waals surface area contributed by atoms with Crippen LogP contribution in [-0.4, -0.2) is 39.9 Å². The highest BCUT2D eigenvalue weighted by atomic mass is 16.1. The number of H-pyrrole nitrogens is 1. The summed E-state index contributed by atoms with van der Waals surface area (Å²) in [5.74, 6) is -0.0986. The van der Waals surface area contributed by atoms with E-state index in [1.54, 1.807) is 0 Å². The van der Waals surface area contributed by atoms with Gasteiger partial charge in [-0.3, -0.25) is 9.69 Å². The highest BCUT2D eigenvalue weighted by molar-refractivity contribution is 6.13. The molecule has 180 valence electrons. The van der Waals surface area contributed by atoms with Crippen LogP contribution in [0, 0.1) is 6.92 Å². The van der Waals surface area contributed by atoms with E-state index in [0.717, 1.165) is 71.1 Å². The molecule has 1 amide bonds. The van der Waals surface area contributed by atoms with E-state index in [4.69, 9.17) is 4.98 Å². The maximum Gasteiger partial charge on any atom is 0.270 e. The molecule has 6 rings (SSSR count). The lowest BCUT2D eigenvalue weighted by Gasteiger charge is -2.32. The van der Waals surface area contributed by atoms with E-state index in [9.17, 15) is 4.79 Å². The smallest absolute Gasteiger partial charge is 0.270 e. The number of aromatic amines is 1. The lowest BCUT2D eigenvalue weighted by Crippen LogP contribution is -2.44. The summed E-state index contributed by atoms with van der Waals surface area (Å²) in [5.41, 5.74) is 6.82. The summed E-state index contributed by atoms with van der Waals surface area (Å²) in [6, 6.07) is 29.1. The third kappa shape index (κ3) is 4.38. The third-order valence-electron chi connectivity index (χ3n) is 7.30. The molecule has 5 aromatic rings. The minimum Gasteiger partial charge on any atom is -0.353 e. The van der Waals surface area contributed by atoms with Crippen molar-refractivity contribution >= 4 is 27.7 Å². The van der Waals surface area contributed by atoms with Gasteiger partial charge in [-0.15, -0.1) is 0 Å². The van der Waals surface area contributed by atoms with Gasteiger partial charge in [-0.2, -0.15) is 0 Å². The molecule has 1 aliphatic heterocycles. The molecule has 0 aliphatic carbocycles. The van der Waals surface area contributed by atoms with Crippen LogP contribution >= 0.6 is 0 Å². The molecule has 3 heterocycles. The molecule has 5 heteroatoms. The number of hydrogen-bond acceptors (Lipinski definition) is 3. The van der Waals surface area contributed by atoms with Crippen molar-refractivity contribution in [2.45, 2.75) is 32.4 Å². The van der Waals surface area contributed by atoms with E-state index in [2.05, 4.69) is 76.7 Å². The first-order valence-corrected chi connectivity index (χ1v) is 12.7. The van der Waals surface area contributed by atoms with E-state index in [1.807, 2.05) is 30.3 Å². The molecular weight excluding hydrogens is 444 g/mol. The van der Waals surface area contributed by atoms with Gasteiger partial charge in [-0.1, -0.05) is 72.8 Å². The molecule has 2 N–H and O–H groups in total. The molecule has 0 unspecified atom stereocenters. The molecule has 0 saturated carbocycles. The topological polar surface area (TPSA) is 61.0 Å². The molecule has 0 radical (unpaired) electrons. The number of carbonyl (C=O) groups excluding carboxylic acids is 1. The number of fused-ring (bicyclic) bond motifs is 3. The van der Waals surface area contributed by atoms with Gasteiger partial charge >= 0.3 is 0 Å². The van der Waals surface area contributed by atoms with Crippen molar-refractivity contribution in [3.8, 4) is 11.3 Å². The predicted octanol–water partition coefficient (Wildman–Crippen LogP) is 6.09. The number of aryl methyl sites for hydroxylation is 1. The molecule has 0 bridgehead atoms. The molecule has 1 aliphatic rings. The number of amides is 1. The number of aromatic nitrogens is 2. The largest absolute Gasteiger partial charge is 0.353 e. The van der Waals surface area contributed by atoms with E-state index >= 15 is 0 Å². The number of nitrogens with one attached hydrogen (secondary N) is 2. The van der Waals surface area contributed by atoms with Gasteiger partial charge in [-0.05, 0) is 43.0 Å². The summed E-state index contributed by atoms with van der Waals surface area (Å²) in [4.78, 5) is 24.4. The first-order valence-electron chi connectivity index (χ1n) is 12.7. The second-order valence-electron chi connectivity index (χ2n) is 9.77. The summed E-state index contributed by atoms with van der Waals surface area (Å²) < 4.78 is 0. The number of likely N-dealkylation sites (tertiary alicyclic amines) is 1. The van der Waals surface area contributed by atoms with Crippen LogP contribution < -0.4 is 5.32 Å². The van der Waals surface area contributed by atoms with Crippen LogP contribution in [0.25, 0.3) is 33.1 Å². The Bertz CT molecular complexity index is 1530. The number of carbonyl (C=O) groups is 1. The molecule has 2 aromatic heterocycles. The molecule has 3 aromatic carbocycles. The van der Waals surface area contributed by atoms with Crippen LogP contribution in [0.4, 0.5) is 0 Å². The van der Waals surface area contributed by atoms with Crippen molar-refractivity contribution in [3.05, 3.63) is 102 Å². The monoisotopic (exact) mass is 474 g/mol. The fourth-order valence-electron chi connectivity index (χ4n) is 5.33. The van der Waals surface area contributed by atoms with Crippen LogP contribution in [0.3, 0.4) is 0 Å². The highest BCUT2D eigenvalue weighted by Gasteiger charge is 2.23. The van der Waals surface area contributed by atoms with E-state index in [0.29, 0.717) is 5.69 Å². The first-order chi connectivity index (χ1) is 17.7. The quantitative estimate of drug-likeness (QED) is 0.324. The van der Waals surface area contributed by atoms with E-state index < -0.39 is 0 Å². The average molecular weight is 475 g/mol. The van der Waals surface area contributed by atoms with Gasteiger partial charge in [0.25, 0.3) is 5.91 Å². The number of benzene rings is 3. The second kappa shape index (κ2) is 9.59. The Balaban J connectivity index is 1.26. The standard InChI is InChI=1S/C31H30N4O/c1-21-9-5-6-12-24(21)29-30-26(25-13-7-8-14-27(25)33-30)19-28(34-29)31(36)32-23-15-17-35(18-16-23)20-22-10-3-2-4-11-22/h2-14,19,23,33H,15-18,20H2,1H3,(H,32,36). The Kier molecular flexibility index (Phi) is 5.99. The van der Waals surface area contributed by atoms with Gasteiger partial charge in [-0.25, -0.2) is 4.98 Å². The molecule has 36 heavy (non-hydrogen) atoms. The van der Waals surface area contributed by atoms with E-state index in [1.165, 1.54) is 5.56 Å². The summed E-state index contributed by atoms with van der Waals surface area (Å²) >= 11 is 0. The zero-order chi connectivity index (χ0) is 24.5. The molecule has 1 fully saturated rings. The van der Waals surface area contributed by atoms with Gasteiger partial charge in [0.1, 0.15) is 5.69 Å². The normalized spacial score (nSPS) is 14.9. The van der Waals surface area contributed by atoms with Crippen molar-refractivity contribution in [1.82, 2.24) is 20.2 Å². The lowest BCUT2D eigenvalue weighted by atomic mass is 10.0. The Hall–Kier alpha value is -3.96. The fourth-order valence-corrected chi connectivity index (χ4v) is 5.33. The Morgan fingerprint density at radius 3 is 2.47 bits per heavy atom. The lowest BCUT2D eigenvalue weighted by molar-refractivity contribution is 0.0904. The Morgan fingerprint density at radius 1 is 0.944 bits per heavy atom. The van der Waals surface area contributed by atoms with Gasteiger partial charge in [0, 0.05) is 47.5 Å². The minimum atomic E-state index is -0.0986. The summed E-state index contributed by atoms with van der Waals surface area (Å²) in [5, 5.41) is 5.41. The average Bonchev–Trinajstić information content (AvgIpc) is 3.29. The van der Waals surface area contributed by atoms with Crippen LogP contribution in [0.2, 0.25) is 0 Å². The number of pyridine rings is 1. The number of piperidine rings is 1. The van der Waals surface area contributed by atoms with Crippen molar-refractivity contribution in [1.29, 1.82) is 0 Å². The minimum absolute atomic E-state index is 0.0986. The van der Waals surface area contributed by atoms with Gasteiger partial charge in [0.05, 0.1) is 11.2 Å². The van der Waals surface area contributed by atoms with Crippen LogP contribution in [0.5, 0.6) is 0 Å². The summed E-state index contributed by atoms with van der Waals surface area (Å²) in [7, 11) is 0. The van der Waals surface area contributed by atoms with Crippen molar-refractivity contribution < 1.29 is 4.79 Å². The van der Waals surface area contributed by atoms with Crippen LogP contribution in [-0.2, 0) is 6.54 Å². The predicted molar refractivity (Wildman–Crippen MR) is 146 cm³/mol. The number of nitrogens with zero attached hydrogens (tertiary/aromatic N) is 2. The van der Waals surface area contributed by atoms with Gasteiger partial charge in [0.15, 0.2) is 0 Å². The number of hydrogen-bond donors (Lipinski definition) is 2. The zero-order valence-electron chi connectivity index (χ0n) is 20.5. The van der Waals surface area contributed by atoms with Crippen LogP contribution in [0.15, 0.2) is 84.9 Å². The maximum absolute atomic E-state index is 13.5. The Labute approximate surface area is 211 Å². The summed E-state index contributed by atoms with van der Waals surface area (Å²) in [6.45, 7) is 4.99. The van der Waals surface area contributed by atoms with E-state index in [-0.39, 0.29) is 11.9 Å².